The van der Waals surface area contributed by atoms with Gasteiger partial charge in [0.2, 0.25) is 0 Å². The van der Waals surface area contributed by atoms with Gasteiger partial charge in [-0.1, -0.05) is 24.3 Å². The van der Waals surface area contributed by atoms with Crippen LogP contribution in [0.1, 0.15) is 35.3 Å². The second-order valence-corrected chi connectivity index (χ2v) is 5.17. The predicted octanol–water partition coefficient (Wildman–Crippen LogP) is 1.74. The standard InChI is InChI=1S/C15H19N3O2/c1-18-15(16)12(9-17-18)13(19)8-14-11-5-3-2-4-10(11)6-7-20-14/h2-5,9,13-14,19H,6-8,16H2,1H3. The number of aliphatic hydroxyl groups is 1. The summed E-state index contributed by atoms with van der Waals surface area (Å²) in [5.41, 5.74) is 9.04. The van der Waals surface area contributed by atoms with Crippen LogP contribution in [0.25, 0.3) is 0 Å². The van der Waals surface area contributed by atoms with E-state index >= 15 is 0 Å². The van der Waals surface area contributed by atoms with E-state index in [1.807, 2.05) is 12.1 Å². The molecule has 0 radical (unpaired) electrons. The molecule has 2 atom stereocenters. The van der Waals surface area contributed by atoms with E-state index in [4.69, 9.17) is 10.5 Å². The number of anilines is 1. The lowest BCUT2D eigenvalue weighted by molar-refractivity contribution is 0.00393. The number of nitrogens with two attached hydrogens (primary N) is 1. The zero-order valence-electron chi connectivity index (χ0n) is 11.5. The van der Waals surface area contributed by atoms with E-state index in [9.17, 15) is 5.11 Å². The maximum Gasteiger partial charge on any atom is 0.127 e. The molecule has 0 saturated carbocycles. The Balaban J connectivity index is 1.80. The molecule has 1 aliphatic rings. The first-order chi connectivity index (χ1) is 9.66. The van der Waals surface area contributed by atoms with Gasteiger partial charge in [0, 0.05) is 19.0 Å². The highest BCUT2D eigenvalue weighted by Crippen LogP contribution is 2.35. The van der Waals surface area contributed by atoms with Crippen molar-refractivity contribution in [1.82, 2.24) is 9.78 Å². The third kappa shape index (κ3) is 2.30. The lowest BCUT2D eigenvalue weighted by atomic mass is 9.93. The van der Waals surface area contributed by atoms with Gasteiger partial charge in [0.05, 0.1) is 25.0 Å². The molecule has 0 fully saturated rings. The van der Waals surface area contributed by atoms with Crippen molar-refractivity contribution >= 4 is 5.82 Å². The SMILES string of the molecule is Cn1ncc(C(O)CC2OCCc3ccccc32)c1N. The molecular weight excluding hydrogens is 254 g/mol. The van der Waals surface area contributed by atoms with Gasteiger partial charge < -0.3 is 15.6 Å². The van der Waals surface area contributed by atoms with Crippen LogP contribution < -0.4 is 5.73 Å². The van der Waals surface area contributed by atoms with E-state index in [2.05, 4.69) is 17.2 Å². The Hall–Kier alpha value is -1.85. The van der Waals surface area contributed by atoms with Crippen LogP contribution in [0.3, 0.4) is 0 Å². The minimum Gasteiger partial charge on any atom is -0.388 e. The van der Waals surface area contributed by atoms with Gasteiger partial charge in [-0.05, 0) is 17.5 Å². The van der Waals surface area contributed by atoms with Crippen molar-refractivity contribution in [3.05, 3.63) is 47.2 Å². The van der Waals surface area contributed by atoms with E-state index in [0.717, 1.165) is 6.42 Å². The van der Waals surface area contributed by atoms with Crippen LogP contribution in [0.2, 0.25) is 0 Å². The fraction of sp³-hybridized carbons (Fsp3) is 0.400. The van der Waals surface area contributed by atoms with Crippen LogP contribution in [0.5, 0.6) is 0 Å². The Kier molecular flexibility index (Phi) is 3.46. The quantitative estimate of drug-likeness (QED) is 0.893. The van der Waals surface area contributed by atoms with Gasteiger partial charge in [0.15, 0.2) is 0 Å². The molecule has 2 aromatic rings. The minimum absolute atomic E-state index is 0.0884. The average molecular weight is 273 g/mol. The maximum absolute atomic E-state index is 10.4. The summed E-state index contributed by atoms with van der Waals surface area (Å²) >= 11 is 0. The first-order valence-electron chi connectivity index (χ1n) is 6.81. The summed E-state index contributed by atoms with van der Waals surface area (Å²) in [6.07, 6.45) is 2.29. The maximum atomic E-state index is 10.4. The molecule has 0 spiro atoms. The highest BCUT2D eigenvalue weighted by molar-refractivity contribution is 5.40. The van der Waals surface area contributed by atoms with E-state index in [1.54, 1.807) is 17.9 Å². The van der Waals surface area contributed by atoms with Gasteiger partial charge in [-0.15, -0.1) is 0 Å². The Labute approximate surface area is 118 Å². The van der Waals surface area contributed by atoms with Gasteiger partial charge >= 0.3 is 0 Å². The van der Waals surface area contributed by atoms with Crippen LogP contribution in [-0.4, -0.2) is 21.5 Å². The average Bonchev–Trinajstić information content (AvgIpc) is 2.79. The molecule has 0 bridgehead atoms. The molecule has 5 heteroatoms. The molecule has 1 aliphatic heterocycles. The first kappa shape index (κ1) is 13.1. The fourth-order valence-electron chi connectivity index (χ4n) is 2.72. The molecule has 1 aromatic carbocycles. The zero-order valence-corrected chi connectivity index (χ0v) is 11.5. The molecule has 20 heavy (non-hydrogen) atoms. The third-order valence-corrected chi connectivity index (χ3v) is 3.90. The molecular formula is C15H19N3O2. The Bertz CT molecular complexity index is 609. The van der Waals surface area contributed by atoms with Crippen LogP contribution in [0.15, 0.2) is 30.5 Å². The van der Waals surface area contributed by atoms with E-state index in [-0.39, 0.29) is 6.10 Å². The van der Waals surface area contributed by atoms with Crippen molar-refractivity contribution in [2.24, 2.45) is 7.05 Å². The van der Waals surface area contributed by atoms with E-state index in [1.165, 1.54) is 11.1 Å². The van der Waals surface area contributed by atoms with Crippen LogP contribution in [-0.2, 0) is 18.2 Å². The van der Waals surface area contributed by atoms with Crippen molar-refractivity contribution in [2.75, 3.05) is 12.3 Å². The number of rotatable bonds is 3. The Morgan fingerprint density at radius 2 is 2.30 bits per heavy atom. The highest BCUT2D eigenvalue weighted by Gasteiger charge is 2.25. The molecule has 0 amide bonds. The van der Waals surface area contributed by atoms with Crippen molar-refractivity contribution < 1.29 is 9.84 Å². The Morgan fingerprint density at radius 3 is 3.05 bits per heavy atom. The summed E-state index contributed by atoms with van der Waals surface area (Å²) in [6.45, 7) is 0.691. The molecule has 106 valence electrons. The number of benzene rings is 1. The third-order valence-electron chi connectivity index (χ3n) is 3.90. The second kappa shape index (κ2) is 5.26. The highest BCUT2D eigenvalue weighted by atomic mass is 16.5. The molecule has 0 saturated heterocycles. The smallest absolute Gasteiger partial charge is 0.127 e. The number of hydrogen-bond donors (Lipinski definition) is 2. The lowest BCUT2D eigenvalue weighted by Gasteiger charge is -2.27. The summed E-state index contributed by atoms with van der Waals surface area (Å²) < 4.78 is 7.38. The molecule has 0 aliphatic carbocycles. The topological polar surface area (TPSA) is 73.3 Å². The number of nitrogen functional groups attached to an aromatic ring is 1. The normalized spacial score (nSPS) is 19.6. The molecule has 2 unspecified atom stereocenters. The Morgan fingerprint density at radius 1 is 1.50 bits per heavy atom. The summed E-state index contributed by atoms with van der Waals surface area (Å²) in [7, 11) is 1.76. The molecule has 2 heterocycles. The van der Waals surface area contributed by atoms with Crippen molar-refractivity contribution in [3.8, 4) is 0 Å². The van der Waals surface area contributed by atoms with E-state index in [0.29, 0.717) is 24.4 Å². The van der Waals surface area contributed by atoms with Gasteiger partial charge in [-0.3, -0.25) is 4.68 Å². The van der Waals surface area contributed by atoms with Gasteiger partial charge in [0.25, 0.3) is 0 Å². The van der Waals surface area contributed by atoms with Gasteiger partial charge in [-0.2, -0.15) is 5.10 Å². The number of hydrogen-bond acceptors (Lipinski definition) is 4. The van der Waals surface area contributed by atoms with Crippen LogP contribution in [0.4, 0.5) is 5.82 Å². The molecule has 5 nitrogen and oxygen atoms in total. The van der Waals surface area contributed by atoms with Crippen LogP contribution >= 0.6 is 0 Å². The number of ether oxygens (including phenoxy) is 1. The van der Waals surface area contributed by atoms with Gasteiger partial charge in [-0.25, -0.2) is 0 Å². The largest absolute Gasteiger partial charge is 0.388 e. The number of nitrogens with zero attached hydrogens (tertiary/aromatic N) is 2. The zero-order chi connectivity index (χ0) is 14.1. The molecule has 3 rings (SSSR count). The summed E-state index contributed by atoms with van der Waals surface area (Å²) in [5.74, 6) is 0.501. The molecule has 3 N–H and O–H groups in total. The summed E-state index contributed by atoms with van der Waals surface area (Å²) in [4.78, 5) is 0. The lowest BCUT2D eigenvalue weighted by Crippen LogP contribution is -2.18. The second-order valence-electron chi connectivity index (χ2n) is 5.17. The van der Waals surface area contributed by atoms with Gasteiger partial charge in [0.1, 0.15) is 5.82 Å². The van der Waals surface area contributed by atoms with E-state index < -0.39 is 6.10 Å². The van der Waals surface area contributed by atoms with Crippen molar-refractivity contribution in [3.63, 3.8) is 0 Å². The van der Waals surface area contributed by atoms with Crippen molar-refractivity contribution in [1.29, 1.82) is 0 Å². The number of aryl methyl sites for hydroxylation is 1. The van der Waals surface area contributed by atoms with Crippen molar-refractivity contribution in [2.45, 2.75) is 25.0 Å². The summed E-state index contributed by atoms with van der Waals surface area (Å²) in [5, 5.41) is 14.4. The minimum atomic E-state index is -0.667. The first-order valence-corrected chi connectivity index (χ1v) is 6.81. The fourth-order valence-corrected chi connectivity index (χ4v) is 2.72. The number of fused-ring (bicyclic) bond motifs is 1. The predicted molar refractivity (Wildman–Crippen MR) is 76.0 cm³/mol. The van der Waals surface area contributed by atoms with Crippen LogP contribution in [0, 0.1) is 0 Å². The monoisotopic (exact) mass is 273 g/mol. The molecule has 1 aromatic heterocycles. The number of aliphatic hydroxyl groups excluding tert-OH is 1. The number of aromatic nitrogens is 2. The summed E-state index contributed by atoms with van der Waals surface area (Å²) in [6, 6.07) is 8.23.